The van der Waals surface area contributed by atoms with Crippen LogP contribution in [-0.4, -0.2) is 46.3 Å². The lowest BCUT2D eigenvalue weighted by Gasteiger charge is -2.32. The SMILES string of the molecule is OC[C@@H]1CC(O)C[C@H](c2ccc(Cl)c(Cc3ccc(OC4CCCC(O)C4)cc3)c2)O1. The van der Waals surface area contributed by atoms with Crippen LogP contribution in [0, 0.1) is 0 Å². The number of benzene rings is 2. The second-order valence-electron chi connectivity index (χ2n) is 8.79. The van der Waals surface area contributed by atoms with Gasteiger partial charge >= 0.3 is 0 Å². The van der Waals surface area contributed by atoms with E-state index in [1.165, 1.54) is 0 Å². The molecule has 0 aromatic heterocycles. The zero-order chi connectivity index (χ0) is 21.8. The third kappa shape index (κ3) is 5.99. The Morgan fingerprint density at radius 1 is 0.968 bits per heavy atom. The number of hydrogen-bond donors (Lipinski definition) is 3. The van der Waals surface area contributed by atoms with E-state index in [9.17, 15) is 15.3 Å². The molecule has 5 atom stereocenters. The average molecular weight is 447 g/mol. The summed E-state index contributed by atoms with van der Waals surface area (Å²) < 4.78 is 12.0. The van der Waals surface area contributed by atoms with E-state index in [-0.39, 0.29) is 31.0 Å². The number of ether oxygens (including phenoxy) is 2. The lowest BCUT2D eigenvalue weighted by atomic mass is 9.94. The first-order chi connectivity index (χ1) is 15.0. The summed E-state index contributed by atoms with van der Waals surface area (Å²) in [6.07, 6.45) is 3.94. The molecule has 0 radical (unpaired) electrons. The van der Waals surface area contributed by atoms with Crippen molar-refractivity contribution < 1.29 is 24.8 Å². The van der Waals surface area contributed by atoms with Crippen molar-refractivity contribution >= 4 is 11.6 Å². The molecule has 4 rings (SSSR count). The molecule has 5 nitrogen and oxygen atoms in total. The first kappa shape index (κ1) is 22.6. The van der Waals surface area contributed by atoms with Gasteiger partial charge in [0.15, 0.2) is 0 Å². The molecule has 1 saturated carbocycles. The van der Waals surface area contributed by atoms with Crippen LogP contribution in [0.2, 0.25) is 5.02 Å². The molecule has 2 fully saturated rings. The average Bonchev–Trinajstić information content (AvgIpc) is 2.76. The molecule has 1 saturated heterocycles. The molecule has 31 heavy (non-hydrogen) atoms. The van der Waals surface area contributed by atoms with Gasteiger partial charge in [-0.25, -0.2) is 0 Å². The van der Waals surface area contributed by atoms with E-state index in [1.807, 2.05) is 42.5 Å². The minimum absolute atomic E-state index is 0.0781. The highest BCUT2D eigenvalue weighted by atomic mass is 35.5. The Morgan fingerprint density at radius 3 is 2.52 bits per heavy atom. The second-order valence-corrected chi connectivity index (χ2v) is 9.19. The van der Waals surface area contributed by atoms with Gasteiger partial charge in [-0.1, -0.05) is 35.9 Å². The maximum atomic E-state index is 10.1. The maximum absolute atomic E-state index is 10.1. The second kappa shape index (κ2) is 10.3. The van der Waals surface area contributed by atoms with Gasteiger partial charge in [0, 0.05) is 24.3 Å². The van der Waals surface area contributed by atoms with E-state index >= 15 is 0 Å². The lowest BCUT2D eigenvalue weighted by Crippen LogP contribution is -2.33. The monoisotopic (exact) mass is 446 g/mol. The number of aliphatic hydroxyl groups excluding tert-OH is 3. The predicted octanol–water partition coefficient (Wildman–Crippen LogP) is 4.19. The summed E-state index contributed by atoms with van der Waals surface area (Å²) in [6, 6.07) is 13.9. The standard InChI is InChI=1S/C25H31ClO5/c26-24-9-6-17(25-14-20(29)13-23(15-27)31-25)11-18(24)10-16-4-7-21(8-5-16)30-22-3-1-2-19(28)12-22/h4-9,11,19-20,22-23,25,27-29H,1-3,10,12-15H2/t19?,20?,22?,23-,25+/m0/s1. The van der Waals surface area contributed by atoms with Crippen molar-refractivity contribution in [3.63, 3.8) is 0 Å². The van der Waals surface area contributed by atoms with Gasteiger partial charge in [-0.3, -0.25) is 0 Å². The summed E-state index contributed by atoms with van der Waals surface area (Å²) in [5.41, 5.74) is 3.08. The first-order valence-corrected chi connectivity index (χ1v) is 11.5. The lowest BCUT2D eigenvalue weighted by molar-refractivity contribution is -0.113. The molecule has 1 aliphatic heterocycles. The largest absolute Gasteiger partial charge is 0.490 e. The first-order valence-electron chi connectivity index (χ1n) is 11.2. The van der Waals surface area contributed by atoms with Crippen molar-refractivity contribution in [2.45, 2.75) is 75.5 Å². The highest BCUT2D eigenvalue weighted by molar-refractivity contribution is 6.31. The number of hydrogen-bond acceptors (Lipinski definition) is 5. The molecule has 0 spiro atoms. The van der Waals surface area contributed by atoms with Crippen molar-refractivity contribution in [2.24, 2.45) is 0 Å². The van der Waals surface area contributed by atoms with Crippen LogP contribution in [0.5, 0.6) is 5.75 Å². The normalized spacial score (nSPS) is 29.0. The highest BCUT2D eigenvalue weighted by Gasteiger charge is 2.29. The van der Waals surface area contributed by atoms with E-state index < -0.39 is 6.10 Å². The third-order valence-electron chi connectivity index (χ3n) is 6.24. The Kier molecular flexibility index (Phi) is 7.51. The van der Waals surface area contributed by atoms with Gasteiger partial charge in [-0.05, 0) is 60.6 Å². The van der Waals surface area contributed by atoms with Gasteiger partial charge in [0.25, 0.3) is 0 Å². The molecule has 3 unspecified atom stereocenters. The van der Waals surface area contributed by atoms with E-state index in [2.05, 4.69) is 0 Å². The predicted molar refractivity (Wildman–Crippen MR) is 120 cm³/mol. The van der Waals surface area contributed by atoms with Gasteiger partial charge in [0.05, 0.1) is 31.0 Å². The zero-order valence-corrected chi connectivity index (χ0v) is 18.4. The van der Waals surface area contributed by atoms with Crippen LogP contribution in [0.15, 0.2) is 42.5 Å². The quantitative estimate of drug-likeness (QED) is 0.620. The van der Waals surface area contributed by atoms with Crippen LogP contribution >= 0.6 is 11.6 Å². The summed E-state index contributed by atoms with van der Waals surface area (Å²) in [6.45, 7) is -0.0950. The van der Waals surface area contributed by atoms with Gasteiger partial charge < -0.3 is 24.8 Å². The number of aliphatic hydroxyl groups is 3. The van der Waals surface area contributed by atoms with Gasteiger partial charge in [0.2, 0.25) is 0 Å². The molecule has 2 aromatic rings. The summed E-state index contributed by atoms with van der Waals surface area (Å²) in [7, 11) is 0. The van der Waals surface area contributed by atoms with E-state index in [4.69, 9.17) is 21.1 Å². The summed E-state index contributed by atoms with van der Waals surface area (Å²) >= 11 is 6.46. The maximum Gasteiger partial charge on any atom is 0.119 e. The molecule has 1 heterocycles. The van der Waals surface area contributed by atoms with Crippen molar-refractivity contribution in [3.05, 3.63) is 64.2 Å². The smallest absolute Gasteiger partial charge is 0.119 e. The Morgan fingerprint density at radius 2 is 1.77 bits per heavy atom. The van der Waals surface area contributed by atoms with Gasteiger partial charge in [0.1, 0.15) is 11.9 Å². The van der Waals surface area contributed by atoms with Crippen LogP contribution in [-0.2, 0) is 11.2 Å². The molecule has 168 valence electrons. The van der Waals surface area contributed by atoms with Crippen molar-refractivity contribution in [1.82, 2.24) is 0 Å². The number of halogens is 1. The van der Waals surface area contributed by atoms with E-state index in [0.29, 0.717) is 30.7 Å². The fraction of sp³-hybridized carbons (Fsp3) is 0.520. The Labute approximate surface area is 188 Å². The summed E-state index contributed by atoms with van der Waals surface area (Å²) in [4.78, 5) is 0. The molecule has 2 aliphatic rings. The van der Waals surface area contributed by atoms with Crippen LogP contribution < -0.4 is 4.74 Å². The Hall–Kier alpha value is -1.63. The molecule has 0 bridgehead atoms. The topological polar surface area (TPSA) is 79.2 Å². The molecule has 6 heteroatoms. The van der Waals surface area contributed by atoms with Crippen molar-refractivity contribution in [3.8, 4) is 5.75 Å². The Balaban J connectivity index is 1.42. The zero-order valence-electron chi connectivity index (χ0n) is 17.6. The molecule has 3 N–H and O–H groups in total. The van der Waals surface area contributed by atoms with Crippen LogP contribution in [0.25, 0.3) is 0 Å². The van der Waals surface area contributed by atoms with Gasteiger partial charge in [-0.2, -0.15) is 0 Å². The summed E-state index contributed by atoms with van der Waals surface area (Å²) in [5, 5.41) is 30.1. The van der Waals surface area contributed by atoms with Crippen LogP contribution in [0.1, 0.15) is 61.3 Å². The summed E-state index contributed by atoms with van der Waals surface area (Å²) in [5.74, 6) is 0.822. The molecular weight excluding hydrogens is 416 g/mol. The fourth-order valence-electron chi connectivity index (χ4n) is 4.58. The Bertz CT molecular complexity index is 855. The van der Waals surface area contributed by atoms with Crippen molar-refractivity contribution in [1.29, 1.82) is 0 Å². The van der Waals surface area contributed by atoms with E-state index in [1.54, 1.807) is 0 Å². The number of rotatable bonds is 6. The van der Waals surface area contributed by atoms with E-state index in [0.717, 1.165) is 41.7 Å². The molecule has 1 aliphatic carbocycles. The van der Waals surface area contributed by atoms with Crippen molar-refractivity contribution in [2.75, 3.05) is 6.61 Å². The molecule has 2 aromatic carbocycles. The minimum Gasteiger partial charge on any atom is -0.490 e. The van der Waals surface area contributed by atoms with Gasteiger partial charge in [-0.15, -0.1) is 0 Å². The molecular formula is C25H31ClO5. The fourth-order valence-corrected chi connectivity index (χ4v) is 4.76. The molecule has 0 amide bonds. The third-order valence-corrected chi connectivity index (χ3v) is 6.61. The van der Waals surface area contributed by atoms with Crippen LogP contribution in [0.4, 0.5) is 0 Å². The minimum atomic E-state index is -0.479. The van der Waals surface area contributed by atoms with Crippen LogP contribution in [0.3, 0.4) is 0 Å². The highest BCUT2D eigenvalue weighted by Crippen LogP contribution is 2.34.